The van der Waals surface area contributed by atoms with Gasteiger partial charge in [-0.3, -0.25) is 9.59 Å². The van der Waals surface area contributed by atoms with Crippen molar-refractivity contribution < 1.29 is 27.5 Å². The molecular weight excluding hydrogens is 485 g/mol. The van der Waals surface area contributed by atoms with E-state index in [1.807, 2.05) is 37.2 Å². The largest absolute Gasteiger partial charge is 0.484 e. The molecule has 7 nitrogen and oxygen atoms in total. The smallest absolute Gasteiger partial charge is 0.418 e. The Bertz CT molecular complexity index is 1280. The molecule has 1 aromatic heterocycles. The number of aryl methyl sites for hydroxylation is 1. The molecule has 2 aromatic carbocycles. The maximum Gasteiger partial charge on any atom is 0.418 e. The molecule has 0 unspecified atom stereocenters. The number of amides is 2. The molecule has 1 heterocycles. The number of ether oxygens (including phenoxy) is 1. The first-order valence-corrected chi connectivity index (χ1v) is 11.8. The van der Waals surface area contributed by atoms with Crippen molar-refractivity contribution in [3.63, 3.8) is 0 Å². The Kier molecular flexibility index (Phi) is 7.20. The topological polar surface area (TPSA) is 75.6 Å². The summed E-state index contributed by atoms with van der Waals surface area (Å²) in [5.74, 6) is -0.523. The zero-order chi connectivity index (χ0) is 26.8. The van der Waals surface area contributed by atoms with E-state index < -0.39 is 28.7 Å². The van der Waals surface area contributed by atoms with Crippen molar-refractivity contribution in [2.45, 2.75) is 31.0 Å². The lowest BCUT2D eigenvalue weighted by atomic mass is 9.71. The summed E-state index contributed by atoms with van der Waals surface area (Å²) in [5.41, 5.74) is 0.150. The van der Waals surface area contributed by atoms with E-state index in [0.717, 1.165) is 23.9 Å². The maximum absolute atomic E-state index is 13.4. The number of alkyl halides is 3. The maximum atomic E-state index is 13.4. The van der Waals surface area contributed by atoms with Gasteiger partial charge in [0.2, 0.25) is 0 Å². The van der Waals surface area contributed by atoms with Crippen LogP contribution in [-0.4, -0.2) is 37.1 Å². The van der Waals surface area contributed by atoms with Gasteiger partial charge >= 0.3 is 6.18 Å². The summed E-state index contributed by atoms with van der Waals surface area (Å²) in [4.78, 5) is 27.2. The van der Waals surface area contributed by atoms with Gasteiger partial charge in [-0.05, 0) is 49.1 Å². The summed E-state index contributed by atoms with van der Waals surface area (Å²) in [6.45, 7) is -0.169. The number of benzene rings is 2. The summed E-state index contributed by atoms with van der Waals surface area (Å²) in [6, 6.07) is 14.3. The van der Waals surface area contributed by atoms with Gasteiger partial charge in [-0.15, -0.1) is 0 Å². The van der Waals surface area contributed by atoms with Crippen LogP contribution in [0.5, 0.6) is 5.75 Å². The minimum absolute atomic E-state index is 0.169. The van der Waals surface area contributed by atoms with E-state index >= 15 is 0 Å². The van der Waals surface area contributed by atoms with Crippen LogP contribution >= 0.6 is 0 Å². The normalized spacial score (nSPS) is 14.4. The third kappa shape index (κ3) is 5.90. The molecule has 0 saturated heterocycles. The van der Waals surface area contributed by atoms with Gasteiger partial charge in [0, 0.05) is 51.0 Å². The number of carbonyl (C=O) groups excluding carboxylic acids is 2. The zero-order valence-corrected chi connectivity index (χ0v) is 20.9. The zero-order valence-electron chi connectivity index (χ0n) is 20.9. The number of carbonyl (C=O) groups is 2. The van der Waals surface area contributed by atoms with E-state index in [9.17, 15) is 22.8 Å². The van der Waals surface area contributed by atoms with Crippen molar-refractivity contribution in [3.8, 4) is 5.75 Å². The van der Waals surface area contributed by atoms with Crippen LogP contribution < -0.4 is 20.3 Å². The third-order valence-corrected chi connectivity index (χ3v) is 6.49. The van der Waals surface area contributed by atoms with Gasteiger partial charge in [-0.25, -0.2) is 0 Å². The minimum Gasteiger partial charge on any atom is -0.484 e. The van der Waals surface area contributed by atoms with Crippen molar-refractivity contribution in [1.29, 1.82) is 0 Å². The van der Waals surface area contributed by atoms with E-state index in [0.29, 0.717) is 24.3 Å². The Morgan fingerprint density at radius 1 is 1.08 bits per heavy atom. The molecule has 1 fully saturated rings. The van der Waals surface area contributed by atoms with Gasteiger partial charge in [0.15, 0.2) is 6.61 Å². The molecule has 37 heavy (non-hydrogen) atoms. The highest BCUT2D eigenvalue weighted by Crippen LogP contribution is 2.42. The lowest BCUT2D eigenvalue weighted by molar-refractivity contribution is -0.138. The van der Waals surface area contributed by atoms with Gasteiger partial charge in [-0.1, -0.05) is 18.2 Å². The van der Waals surface area contributed by atoms with Gasteiger partial charge in [0.1, 0.15) is 5.75 Å². The molecule has 4 rings (SSSR count). The van der Waals surface area contributed by atoms with Crippen molar-refractivity contribution in [1.82, 2.24) is 9.88 Å². The van der Waals surface area contributed by atoms with Gasteiger partial charge in [-0.2, -0.15) is 13.2 Å². The second-order valence-electron chi connectivity index (χ2n) is 9.44. The number of hydrogen-bond acceptors (Lipinski definition) is 4. The number of hydrogen-bond donors (Lipinski definition) is 2. The SMILES string of the molecule is CN(C)c1cccc(OCC(=O)Nc2ccc(C3(NC(=O)c4cn(C)cc4C(F)(F)F)CCC3)cc2)c1. The molecular formula is C27H29F3N4O3. The van der Waals surface area contributed by atoms with Crippen LogP contribution in [0.1, 0.15) is 40.7 Å². The fraction of sp³-hybridized carbons (Fsp3) is 0.333. The Morgan fingerprint density at radius 2 is 1.78 bits per heavy atom. The number of anilines is 2. The second kappa shape index (κ2) is 10.2. The highest BCUT2D eigenvalue weighted by atomic mass is 19.4. The van der Waals surface area contributed by atoms with Crippen molar-refractivity contribution in [2.24, 2.45) is 7.05 Å². The summed E-state index contributed by atoms with van der Waals surface area (Å²) in [6.07, 6.45) is -0.479. The molecule has 0 radical (unpaired) electrons. The quantitative estimate of drug-likeness (QED) is 0.447. The van der Waals surface area contributed by atoms with Crippen LogP contribution in [0.4, 0.5) is 24.5 Å². The Hall–Kier alpha value is -3.95. The molecule has 2 amide bonds. The number of aromatic nitrogens is 1. The van der Waals surface area contributed by atoms with E-state index in [1.165, 1.54) is 17.8 Å². The fourth-order valence-electron chi connectivity index (χ4n) is 4.36. The van der Waals surface area contributed by atoms with Crippen LogP contribution in [0.25, 0.3) is 0 Å². The first-order valence-electron chi connectivity index (χ1n) is 11.8. The molecule has 196 valence electrons. The first kappa shape index (κ1) is 26.1. The van der Waals surface area contributed by atoms with Crippen LogP contribution in [0.3, 0.4) is 0 Å². The van der Waals surface area contributed by atoms with Crippen LogP contribution in [0, 0.1) is 0 Å². The molecule has 0 atom stereocenters. The molecule has 0 spiro atoms. The van der Waals surface area contributed by atoms with Crippen LogP contribution in [0.15, 0.2) is 60.9 Å². The van der Waals surface area contributed by atoms with E-state index in [4.69, 9.17) is 4.74 Å². The predicted octanol–water partition coefficient (Wildman–Crippen LogP) is 4.94. The summed E-state index contributed by atoms with van der Waals surface area (Å²) >= 11 is 0. The summed E-state index contributed by atoms with van der Waals surface area (Å²) in [5, 5.41) is 5.60. The van der Waals surface area contributed by atoms with Crippen molar-refractivity contribution >= 4 is 23.2 Å². The number of nitrogens with zero attached hydrogens (tertiary/aromatic N) is 2. The van der Waals surface area contributed by atoms with Crippen LogP contribution in [0.2, 0.25) is 0 Å². The molecule has 0 aliphatic heterocycles. The summed E-state index contributed by atoms with van der Waals surface area (Å²) in [7, 11) is 5.27. The molecule has 2 N–H and O–H groups in total. The van der Waals surface area contributed by atoms with E-state index in [1.54, 1.807) is 30.3 Å². The van der Waals surface area contributed by atoms with Gasteiger partial charge < -0.3 is 24.8 Å². The number of halogens is 3. The molecule has 3 aromatic rings. The lowest BCUT2D eigenvalue weighted by Gasteiger charge is -2.43. The average molecular weight is 515 g/mol. The third-order valence-electron chi connectivity index (χ3n) is 6.49. The van der Waals surface area contributed by atoms with Gasteiger partial charge in [0.25, 0.3) is 11.8 Å². The monoisotopic (exact) mass is 514 g/mol. The van der Waals surface area contributed by atoms with Crippen molar-refractivity contribution in [3.05, 3.63) is 77.6 Å². The standard InChI is InChI=1S/C27H29F3N4O3/c1-33(2)20-6-4-7-21(14-20)37-17-24(35)31-19-10-8-18(9-11-19)26(12-5-13-26)32-25(36)22-15-34(3)16-23(22)27(28,29)30/h4,6-11,14-16H,5,12-13,17H2,1-3H3,(H,31,35)(H,32,36). The predicted molar refractivity (Wildman–Crippen MR) is 135 cm³/mol. The van der Waals surface area contributed by atoms with E-state index in [-0.39, 0.29) is 12.5 Å². The second-order valence-corrected chi connectivity index (χ2v) is 9.44. The number of rotatable bonds is 8. The fourth-order valence-corrected chi connectivity index (χ4v) is 4.36. The highest BCUT2D eigenvalue weighted by Gasteiger charge is 2.42. The Labute approximate surface area is 213 Å². The van der Waals surface area contributed by atoms with Gasteiger partial charge in [0.05, 0.1) is 16.7 Å². The lowest BCUT2D eigenvalue weighted by Crippen LogP contribution is -2.51. The Balaban J connectivity index is 1.39. The highest BCUT2D eigenvalue weighted by molar-refractivity contribution is 5.96. The summed E-state index contributed by atoms with van der Waals surface area (Å²) < 4.78 is 47.0. The molecule has 1 aliphatic carbocycles. The minimum atomic E-state index is -4.63. The molecule has 0 bridgehead atoms. The van der Waals surface area contributed by atoms with Crippen molar-refractivity contribution in [2.75, 3.05) is 30.9 Å². The number of nitrogens with one attached hydrogen (secondary N) is 2. The molecule has 1 saturated carbocycles. The molecule has 1 aliphatic rings. The average Bonchev–Trinajstić information content (AvgIpc) is 3.23. The first-order chi connectivity index (χ1) is 17.5. The van der Waals surface area contributed by atoms with Crippen LogP contribution in [-0.2, 0) is 23.6 Å². The Morgan fingerprint density at radius 3 is 2.38 bits per heavy atom. The molecule has 10 heteroatoms. The van der Waals surface area contributed by atoms with E-state index in [2.05, 4.69) is 10.6 Å².